The lowest BCUT2D eigenvalue weighted by atomic mass is 10.1. The fourth-order valence-corrected chi connectivity index (χ4v) is 2.49. The molecule has 0 radical (unpaired) electrons. The van der Waals surface area contributed by atoms with Gasteiger partial charge >= 0.3 is 6.09 Å². The van der Waals surface area contributed by atoms with Crippen molar-refractivity contribution in [2.24, 2.45) is 0 Å². The maximum absolute atomic E-state index is 12.1. The number of anilines is 1. The van der Waals surface area contributed by atoms with Gasteiger partial charge in [0.15, 0.2) is 0 Å². The van der Waals surface area contributed by atoms with E-state index in [-0.39, 0.29) is 18.4 Å². The van der Waals surface area contributed by atoms with E-state index in [1.807, 2.05) is 36.4 Å². The van der Waals surface area contributed by atoms with Crippen molar-refractivity contribution in [2.75, 3.05) is 19.0 Å². The van der Waals surface area contributed by atoms with Crippen LogP contribution in [-0.2, 0) is 16.0 Å². The van der Waals surface area contributed by atoms with Crippen molar-refractivity contribution in [1.29, 1.82) is 0 Å². The molecule has 0 saturated carbocycles. The van der Waals surface area contributed by atoms with Gasteiger partial charge in [0.1, 0.15) is 11.9 Å². The average molecular weight is 326 g/mol. The molecule has 0 spiro atoms. The summed E-state index contributed by atoms with van der Waals surface area (Å²) in [5, 5.41) is 5.46. The van der Waals surface area contributed by atoms with Crippen LogP contribution in [0.5, 0.6) is 5.75 Å². The molecule has 1 saturated heterocycles. The highest BCUT2D eigenvalue weighted by Crippen LogP contribution is 2.22. The maximum Gasteiger partial charge on any atom is 0.407 e. The second kappa shape index (κ2) is 7.04. The molecule has 1 atom stereocenters. The lowest BCUT2D eigenvalue weighted by Crippen LogP contribution is -2.14. The molecule has 0 aliphatic carbocycles. The summed E-state index contributed by atoms with van der Waals surface area (Å²) in [6.45, 7) is 0.460. The first-order chi connectivity index (χ1) is 11.6. The number of carbonyl (C=O) groups excluding carboxylic acids is 2. The van der Waals surface area contributed by atoms with Crippen molar-refractivity contribution in [3.05, 3.63) is 59.7 Å². The van der Waals surface area contributed by atoms with E-state index < -0.39 is 6.09 Å². The van der Waals surface area contributed by atoms with Crippen LogP contribution >= 0.6 is 0 Å². The molecule has 124 valence electrons. The number of alkyl carbamates (subject to hydrolysis) is 1. The molecule has 6 nitrogen and oxygen atoms in total. The van der Waals surface area contributed by atoms with E-state index >= 15 is 0 Å². The number of amides is 2. The van der Waals surface area contributed by atoms with Gasteiger partial charge in [-0.1, -0.05) is 24.3 Å². The van der Waals surface area contributed by atoms with Crippen LogP contribution in [-0.4, -0.2) is 25.7 Å². The Bertz CT molecular complexity index is 726. The molecule has 1 aliphatic heterocycles. The highest BCUT2D eigenvalue weighted by molar-refractivity contribution is 5.92. The smallest absolute Gasteiger partial charge is 0.407 e. The number of hydrogen-bond donors (Lipinski definition) is 2. The molecule has 3 rings (SSSR count). The maximum atomic E-state index is 12.1. The van der Waals surface area contributed by atoms with Crippen molar-refractivity contribution in [3.8, 4) is 5.75 Å². The number of benzene rings is 2. The summed E-state index contributed by atoms with van der Waals surface area (Å²) >= 11 is 0. The number of carbonyl (C=O) groups is 2. The van der Waals surface area contributed by atoms with Crippen LogP contribution in [0, 0.1) is 0 Å². The zero-order chi connectivity index (χ0) is 16.9. The second-order valence-corrected chi connectivity index (χ2v) is 5.47. The van der Waals surface area contributed by atoms with E-state index in [2.05, 4.69) is 10.6 Å². The van der Waals surface area contributed by atoms with Gasteiger partial charge in [0.05, 0.1) is 20.1 Å². The van der Waals surface area contributed by atoms with Crippen LogP contribution < -0.4 is 15.4 Å². The number of rotatable bonds is 5. The third-order valence-corrected chi connectivity index (χ3v) is 3.77. The minimum absolute atomic E-state index is 0.0955. The highest BCUT2D eigenvalue weighted by Gasteiger charge is 2.23. The summed E-state index contributed by atoms with van der Waals surface area (Å²) in [6.07, 6.45) is -0.394. The SMILES string of the molecule is COc1ccc(CC(=O)Nc2ccc(C3CNC(=O)O3)cc2)cc1. The van der Waals surface area contributed by atoms with Gasteiger partial charge in [-0.05, 0) is 35.4 Å². The molecule has 6 heteroatoms. The molecule has 0 aromatic heterocycles. The normalized spacial score (nSPS) is 16.2. The molecule has 0 bridgehead atoms. The minimum atomic E-state index is -0.406. The Morgan fingerprint density at radius 3 is 2.50 bits per heavy atom. The third-order valence-electron chi connectivity index (χ3n) is 3.77. The predicted octanol–water partition coefficient (Wildman–Crippen LogP) is 2.66. The molecular weight excluding hydrogens is 308 g/mol. The van der Waals surface area contributed by atoms with Gasteiger partial charge < -0.3 is 20.1 Å². The van der Waals surface area contributed by atoms with Crippen LogP contribution in [0.2, 0.25) is 0 Å². The standard InChI is InChI=1S/C18H18N2O4/c1-23-15-8-2-12(3-9-15)10-17(21)20-14-6-4-13(5-7-14)16-11-19-18(22)24-16/h2-9,16H,10-11H2,1H3,(H,19,22)(H,20,21). The van der Waals surface area contributed by atoms with E-state index in [0.717, 1.165) is 16.9 Å². The summed E-state index contributed by atoms with van der Waals surface area (Å²) < 4.78 is 10.2. The summed E-state index contributed by atoms with van der Waals surface area (Å²) in [4.78, 5) is 23.2. The Morgan fingerprint density at radius 1 is 1.21 bits per heavy atom. The van der Waals surface area contributed by atoms with E-state index in [1.165, 1.54) is 0 Å². The largest absolute Gasteiger partial charge is 0.497 e. The first-order valence-electron chi connectivity index (χ1n) is 7.61. The quantitative estimate of drug-likeness (QED) is 0.885. The van der Waals surface area contributed by atoms with Crippen molar-refractivity contribution in [1.82, 2.24) is 5.32 Å². The van der Waals surface area contributed by atoms with Crippen LogP contribution in [0.15, 0.2) is 48.5 Å². The van der Waals surface area contributed by atoms with Crippen molar-refractivity contribution < 1.29 is 19.1 Å². The van der Waals surface area contributed by atoms with Gasteiger partial charge in [-0.25, -0.2) is 4.79 Å². The monoisotopic (exact) mass is 326 g/mol. The van der Waals surface area contributed by atoms with Gasteiger partial charge in [-0.2, -0.15) is 0 Å². The molecule has 2 N–H and O–H groups in total. The fourth-order valence-electron chi connectivity index (χ4n) is 2.49. The average Bonchev–Trinajstić information content (AvgIpc) is 3.02. The zero-order valence-corrected chi connectivity index (χ0v) is 13.2. The van der Waals surface area contributed by atoms with Crippen LogP contribution in [0.25, 0.3) is 0 Å². The summed E-state index contributed by atoms with van der Waals surface area (Å²) in [5.41, 5.74) is 2.50. The van der Waals surface area contributed by atoms with Crippen molar-refractivity contribution in [3.63, 3.8) is 0 Å². The molecule has 2 aromatic carbocycles. The molecule has 2 amide bonds. The number of hydrogen-bond acceptors (Lipinski definition) is 4. The Hall–Kier alpha value is -3.02. The number of nitrogens with one attached hydrogen (secondary N) is 2. The van der Waals surface area contributed by atoms with Crippen molar-refractivity contribution in [2.45, 2.75) is 12.5 Å². The summed E-state index contributed by atoms with van der Waals surface area (Å²) in [6, 6.07) is 14.7. The van der Waals surface area contributed by atoms with Gasteiger partial charge in [-0.15, -0.1) is 0 Å². The van der Waals surface area contributed by atoms with Crippen LogP contribution in [0.4, 0.5) is 10.5 Å². The fraction of sp³-hybridized carbons (Fsp3) is 0.222. The summed E-state index contributed by atoms with van der Waals surface area (Å²) in [5.74, 6) is 0.665. The molecule has 1 heterocycles. The van der Waals surface area contributed by atoms with Gasteiger partial charge in [0.2, 0.25) is 5.91 Å². The number of methoxy groups -OCH3 is 1. The number of cyclic esters (lactones) is 1. The first kappa shape index (κ1) is 15.9. The number of ether oxygens (including phenoxy) is 2. The Kier molecular flexibility index (Phi) is 4.65. The lowest BCUT2D eigenvalue weighted by molar-refractivity contribution is -0.115. The molecule has 2 aromatic rings. The topological polar surface area (TPSA) is 76.7 Å². The van der Waals surface area contributed by atoms with Gasteiger partial charge in [-0.3, -0.25) is 4.79 Å². The second-order valence-electron chi connectivity index (χ2n) is 5.47. The minimum Gasteiger partial charge on any atom is -0.497 e. The molecule has 1 aliphatic rings. The first-order valence-corrected chi connectivity index (χ1v) is 7.61. The molecule has 1 unspecified atom stereocenters. The van der Waals surface area contributed by atoms with E-state index in [1.54, 1.807) is 19.2 Å². The van der Waals surface area contributed by atoms with Crippen LogP contribution in [0.3, 0.4) is 0 Å². The summed E-state index contributed by atoms with van der Waals surface area (Å²) in [7, 11) is 1.61. The van der Waals surface area contributed by atoms with Gasteiger partial charge in [0, 0.05) is 5.69 Å². The Morgan fingerprint density at radius 2 is 1.92 bits per heavy atom. The third kappa shape index (κ3) is 3.84. The van der Waals surface area contributed by atoms with E-state index in [4.69, 9.17) is 9.47 Å². The molecule has 24 heavy (non-hydrogen) atoms. The van der Waals surface area contributed by atoms with Gasteiger partial charge in [0.25, 0.3) is 0 Å². The highest BCUT2D eigenvalue weighted by atomic mass is 16.6. The van der Waals surface area contributed by atoms with E-state index in [0.29, 0.717) is 12.2 Å². The van der Waals surface area contributed by atoms with Crippen molar-refractivity contribution >= 4 is 17.7 Å². The Labute approximate surface area is 139 Å². The predicted molar refractivity (Wildman–Crippen MR) is 89.0 cm³/mol. The van der Waals surface area contributed by atoms with E-state index in [9.17, 15) is 9.59 Å². The molecular formula is C18H18N2O4. The van der Waals surface area contributed by atoms with Crippen LogP contribution in [0.1, 0.15) is 17.2 Å². The Balaban J connectivity index is 1.56. The molecule has 1 fully saturated rings. The zero-order valence-electron chi connectivity index (χ0n) is 13.2. The lowest BCUT2D eigenvalue weighted by Gasteiger charge is -2.10.